The molecule has 2 aliphatic heterocycles. The molecule has 0 aromatic heterocycles. The lowest BCUT2D eigenvalue weighted by Crippen LogP contribution is -2.37. The number of benzene rings is 1. The number of ether oxygens (including phenoxy) is 4. The van der Waals surface area contributed by atoms with Gasteiger partial charge < -0.3 is 18.9 Å². The van der Waals surface area contributed by atoms with Gasteiger partial charge in [0.2, 0.25) is 6.79 Å². The molecule has 144 valence electrons. The van der Waals surface area contributed by atoms with E-state index in [-0.39, 0.29) is 11.7 Å². The van der Waals surface area contributed by atoms with E-state index >= 15 is 0 Å². The molecule has 3 rings (SSSR count). The molecule has 2 amide bonds. The number of esters is 1. The maximum absolute atomic E-state index is 12.6. The summed E-state index contributed by atoms with van der Waals surface area (Å²) in [5, 5.41) is -0.531. The Labute approximate surface area is 160 Å². The second-order valence-corrected chi connectivity index (χ2v) is 7.79. The molecule has 1 fully saturated rings. The average molecular weight is 393 g/mol. The predicted molar refractivity (Wildman–Crippen MR) is 97.6 cm³/mol. The van der Waals surface area contributed by atoms with Gasteiger partial charge in [0.05, 0.1) is 12.0 Å². The van der Waals surface area contributed by atoms with E-state index in [2.05, 4.69) is 0 Å². The Balaban J connectivity index is 1.82. The maximum atomic E-state index is 12.6. The van der Waals surface area contributed by atoms with Crippen molar-refractivity contribution in [1.82, 2.24) is 4.90 Å². The summed E-state index contributed by atoms with van der Waals surface area (Å²) in [5.41, 5.74) is -0.140. The van der Waals surface area contributed by atoms with Crippen molar-refractivity contribution in [2.24, 2.45) is 0 Å². The maximum Gasteiger partial charge on any atom is 0.326 e. The molecule has 27 heavy (non-hydrogen) atoms. The molecule has 8 nitrogen and oxygen atoms in total. The summed E-state index contributed by atoms with van der Waals surface area (Å²) in [7, 11) is 1.49. The van der Waals surface area contributed by atoms with Gasteiger partial charge in [-0.3, -0.25) is 19.3 Å². The third-order valence-electron chi connectivity index (χ3n) is 3.59. The van der Waals surface area contributed by atoms with Crippen LogP contribution in [-0.4, -0.2) is 48.1 Å². The molecule has 2 heterocycles. The highest BCUT2D eigenvalue weighted by atomic mass is 32.2. The number of carbonyl (C=O) groups excluding carboxylic acids is 3. The second kappa shape index (κ2) is 7.15. The molecular formula is C18H19NO7S. The highest BCUT2D eigenvalue weighted by Gasteiger charge is 2.37. The Kier molecular flexibility index (Phi) is 5.05. The standard InChI is InChI=1S/C18H19NO7S/c1-18(2,3)26-15(20)8-19-16(21)14(27-17(19)22)6-10-5-12-13(25-9-24-12)7-11(10)23-4/h5-7H,8-9H2,1-4H3. The summed E-state index contributed by atoms with van der Waals surface area (Å²) in [4.78, 5) is 37.7. The molecule has 0 aliphatic carbocycles. The summed E-state index contributed by atoms with van der Waals surface area (Å²) in [5.74, 6) is 0.331. The van der Waals surface area contributed by atoms with E-state index in [4.69, 9.17) is 18.9 Å². The molecule has 0 saturated carbocycles. The van der Waals surface area contributed by atoms with E-state index in [1.54, 1.807) is 32.9 Å². The Morgan fingerprint density at radius 1 is 1.26 bits per heavy atom. The lowest BCUT2D eigenvalue weighted by atomic mass is 10.1. The van der Waals surface area contributed by atoms with E-state index in [9.17, 15) is 14.4 Å². The van der Waals surface area contributed by atoms with E-state index in [0.717, 1.165) is 16.7 Å². The van der Waals surface area contributed by atoms with Gasteiger partial charge in [0.25, 0.3) is 11.1 Å². The zero-order valence-corrected chi connectivity index (χ0v) is 16.2. The first kappa shape index (κ1) is 19.1. The van der Waals surface area contributed by atoms with Gasteiger partial charge in [0.1, 0.15) is 17.9 Å². The monoisotopic (exact) mass is 393 g/mol. The highest BCUT2D eigenvalue weighted by molar-refractivity contribution is 8.18. The van der Waals surface area contributed by atoms with Gasteiger partial charge in [-0.1, -0.05) is 0 Å². The first-order chi connectivity index (χ1) is 12.7. The van der Waals surface area contributed by atoms with Crippen molar-refractivity contribution in [3.63, 3.8) is 0 Å². The molecule has 1 saturated heterocycles. The van der Waals surface area contributed by atoms with Crippen LogP contribution < -0.4 is 14.2 Å². The minimum atomic E-state index is -0.700. The Morgan fingerprint density at radius 3 is 2.56 bits per heavy atom. The van der Waals surface area contributed by atoms with Crippen LogP contribution in [0, 0.1) is 0 Å². The van der Waals surface area contributed by atoms with Crippen LogP contribution in [-0.2, 0) is 14.3 Å². The van der Waals surface area contributed by atoms with Crippen LogP contribution in [0.15, 0.2) is 17.0 Å². The van der Waals surface area contributed by atoms with Gasteiger partial charge in [-0.25, -0.2) is 0 Å². The number of hydrogen-bond donors (Lipinski definition) is 0. The quantitative estimate of drug-likeness (QED) is 0.570. The topological polar surface area (TPSA) is 91.4 Å². The van der Waals surface area contributed by atoms with Crippen molar-refractivity contribution in [2.45, 2.75) is 26.4 Å². The van der Waals surface area contributed by atoms with Crippen LogP contribution in [0.3, 0.4) is 0 Å². The first-order valence-corrected chi connectivity index (χ1v) is 8.94. The lowest BCUT2D eigenvalue weighted by molar-refractivity contribution is -0.156. The van der Waals surface area contributed by atoms with Crippen molar-refractivity contribution in [3.05, 3.63) is 22.6 Å². The molecular weight excluding hydrogens is 374 g/mol. The van der Waals surface area contributed by atoms with Crippen LogP contribution in [0.2, 0.25) is 0 Å². The molecule has 0 spiro atoms. The van der Waals surface area contributed by atoms with Crippen molar-refractivity contribution in [2.75, 3.05) is 20.4 Å². The zero-order valence-electron chi connectivity index (χ0n) is 15.4. The zero-order chi connectivity index (χ0) is 19.8. The minimum absolute atomic E-state index is 0.106. The van der Waals surface area contributed by atoms with Crippen LogP contribution in [0.1, 0.15) is 26.3 Å². The number of imide groups is 1. The van der Waals surface area contributed by atoms with Crippen molar-refractivity contribution < 1.29 is 33.3 Å². The lowest BCUT2D eigenvalue weighted by Gasteiger charge is -2.21. The largest absolute Gasteiger partial charge is 0.496 e. The van der Waals surface area contributed by atoms with Gasteiger partial charge in [-0.05, 0) is 44.7 Å². The highest BCUT2D eigenvalue weighted by Crippen LogP contribution is 2.40. The van der Waals surface area contributed by atoms with Gasteiger partial charge >= 0.3 is 5.97 Å². The van der Waals surface area contributed by atoms with Crippen molar-refractivity contribution in [1.29, 1.82) is 0 Å². The molecule has 0 bridgehead atoms. The fraction of sp³-hybridized carbons (Fsp3) is 0.389. The molecule has 0 N–H and O–H groups in total. The van der Waals surface area contributed by atoms with Crippen LogP contribution in [0.4, 0.5) is 4.79 Å². The van der Waals surface area contributed by atoms with Crippen molar-refractivity contribution in [3.8, 4) is 17.2 Å². The van der Waals surface area contributed by atoms with E-state index in [1.807, 2.05) is 0 Å². The smallest absolute Gasteiger partial charge is 0.326 e. The summed E-state index contributed by atoms with van der Waals surface area (Å²) >= 11 is 0.752. The van der Waals surface area contributed by atoms with Crippen LogP contribution >= 0.6 is 11.8 Å². The number of carbonyl (C=O) groups is 3. The molecule has 1 aromatic rings. The molecule has 0 radical (unpaired) electrons. The Morgan fingerprint density at radius 2 is 1.93 bits per heavy atom. The number of nitrogens with zero attached hydrogens (tertiary/aromatic N) is 1. The third kappa shape index (κ3) is 4.19. The fourth-order valence-electron chi connectivity index (χ4n) is 2.51. The fourth-order valence-corrected chi connectivity index (χ4v) is 3.34. The van der Waals surface area contributed by atoms with Crippen molar-refractivity contribution >= 4 is 35.0 Å². The summed E-state index contributed by atoms with van der Waals surface area (Å²) < 4.78 is 21.1. The summed E-state index contributed by atoms with van der Waals surface area (Å²) in [6.45, 7) is 4.81. The van der Waals surface area contributed by atoms with E-state index in [1.165, 1.54) is 13.2 Å². The number of methoxy groups -OCH3 is 1. The third-order valence-corrected chi connectivity index (χ3v) is 4.50. The molecule has 9 heteroatoms. The number of amides is 2. The minimum Gasteiger partial charge on any atom is -0.496 e. The van der Waals surface area contributed by atoms with Gasteiger partial charge in [0.15, 0.2) is 11.5 Å². The normalized spacial score (nSPS) is 17.6. The van der Waals surface area contributed by atoms with Gasteiger partial charge in [-0.15, -0.1) is 0 Å². The van der Waals surface area contributed by atoms with E-state index < -0.39 is 29.3 Å². The number of thioether (sulfide) groups is 1. The second-order valence-electron chi connectivity index (χ2n) is 6.80. The Bertz CT molecular complexity index is 841. The molecule has 1 aromatic carbocycles. The van der Waals surface area contributed by atoms with Gasteiger partial charge in [-0.2, -0.15) is 0 Å². The number of rotatable bonds is 4. The van der Waals surface area contributed by atoms with Crippen LogP contribution in [0.25, 0.3) is 6.08 Å². The van der Waals surface area contributed by atoms with Crippen LogP contribution in [0.5, 0.6) is 17.2 Å². The Hall–Kier alpha value is -2.68. The summed E-state index contributed by atoms with van der Waals surface area (Å²) in [6.07, 6.45) is 1.53. The SMILES string of the molecule is COc1cc2c(cc1C=C1SC(=O)N(CC(=O)OC(C)(C)C)C1=O)OCO2. The van der Waals surface area contributed by atoms with E-state index in [0.29, 0.717) is 22.8 Å². The molecule has 0 unspecified atom stereocenters. The molecule has 0 atom stereocenters. The first-order valence-electron chi connectivity index (χ1n) is 8.13. The van der Waals surface area contributed by atoms with Gasteiger partial charge in [0, 0.05) is 11.6 Å². The molecule has 2 aliphatic rings. The predicted octanol–water partition coefficient (Wildman–Crippen LogP) is 2.80. The number of fused-ring (bicyclic) bond motifs is 1. The average Bonchev–Trinajstić information content (AvgIpc) is 3.12. The summed E-state index contributed by atoms with van der Waals surface area (Å²) in [6, 6.07) is 3.32. The number of hydrogen-bond acceptors (Lipinski definition) is 8.